The van der Waals surface area contributed by atoms with Crippen LogP contribution in [0.15, 0.2) is 12.1 Å². The van der Waals surface area contributed by atoms with Gasteiger partial charge in [0.1, 0.15) is 5.75 Å². The fourth-order valence-electron chi connectivity index (χ4n) is 2.41. The largest absolute Gasteiger partial charge is 0.496 e. The van der Waals surface area contributed by atoms with E-state index < -0.39 is 0 Å². The molecule has 0 heterocycles. The summed E-state index contributed by atoms with van der Waals surface area (Å²) >= 11 is 0. The Morgan fingerprint density at radius 1 is 1.11 bits per heavy atom. The average Bonchev–Trinajstić information content (AvgIpc) is 2.30. The first-order valence-corrected chi connectivity index (χ1v) is 6.71. The topological polar surface area (TPSA) is 29.5 Å². The molecule has 1 atom stereocenters. The minimum Gasteiger partial charge on any atom is -0.496 e. The van der Waals surface area contributed by atoms with Crippen LogP contribution >= 0.6 is 0 Å². The molecule has 0 spiro atoms. The van der Waals surface area contributed by atoms with Gasteiger partial charge in [0.25, 0.3) is 0 Å². The molecule has 102 valence electrons. The SMILES string of the molecule is COc1cc(C)c(C(CO)C(C)C)cc1C(C)C. The molecule has 0 saturated heterocycles. The normalized spacial score (nSPS) is 13.2. The summed E-state index contributed by atoms with van der Waals surface area (Å²) in [6.07, 6.45) is 0. The molecule has 1 rings (SSSR count). The van der Waals surface area contributed by atoms with Gasteiger partial charge in [0.2, 0.25) is 0 Å². The lowest BCUT2D eigenvalue weighted by Crippen LogP contribution is -2.13. The molecule has 0 aliphatic rings. The predicted octanol–water partition coefficient (Wildman–Crippen LogP) is 3.86. The van der Waals surface area contributed by atoms with E-state index in [1.165, 1.54) is 16.7 Å². The van der Waals surface area contributed by atoms with E-state index in [1.54, 1.807) is 7.11 Å². The molecule has 18 heavy (non-hydrogen) atoms. The predicted molar refractivity (Wildman–Crippen MR) is 76.5 cm³/mol. The number of hydrogen-bond acceptors (Lipinski definition) is 2. The molecule has 1 aromatic rings. The van der Waals surface area contributed by atoms with Gasteiger partial charge in [-0.2, -0.15) is 0 Å². The van der Waals surface area contributed by atoms with Crippen LogP contribution < -0.4 is 4.74 Å². The van der Waals surface area contributed by atoms with Gasteiger partial charge in [-0.3, -0.25) is 0 Å². The van der Waals surface area contributed by atoms with Crippen LogP contribution in [0.4, 0.5) is 0 Å². The zero-order valence-electron chi connectivity index (χ0n) is 12.4. The van der Waals surface area contributed by atoms with Gasteiger partial charge >= 0.3 is 0 Å². The van der Waals surface area contributed by atoms with E-state index in [2.05, 4.69) is 46.8 Å². The number of aliphatic hydroxyl groups is 1. The second-order valence-corrected chi connectivity index (χ2v) is 5.64. The van der Waals surface area contributed by atoms with Gasteiger partial charge in [-0.05, 0) is 41.5 Å². The molecular weight excluding hydrogens is 224 g/mol. The monoisotopic (exact) mass is 250 g/mol. The van der Waals surface area contributed by atoms with Gasteiger partial charge in [-0.1, -0.05) is 33.8 Å². The van der Waals surface area contributed by atoms with Gasteiger partial charge in [0, 0.05) is 5.92 Å². The first-order chi connectivity index (χ1) is 8.42. The van der Waals surface area contributed by atoms with Crippen LogP contribution in [0.5, 0.6) is 5.75 Å². The van der Waals surface area contributed by atoms with Crippen molar-refractivity contribution < 1.29 is 9.84 Å². The highest BCUT2D eigenvalue weighted by Crippen LogP contribution is 2.34. The summed E-state index contributed by atoms with van der Waals surface area (Å²) in [6.45, 7) is 10.9. The molecule has 2 heteroatoms. The number of benzene rings is 1. The quantitative estimate of drug-likeness (QED) is 0.860. The maximum Gasteiger partial charge on any atom is 0.122 e. The van der Waals surface area contributed by atoms with Crippen molar-refractivity contribution in [3.05, 3.63) is 28.8 Å². The molecule has 1 unspecified atom stereocenters. The third kappa shape index (κ3) is 3.05. The van der Waals surface area contributed by atoms with Gasteiger partial charge < -0.3 is 9.84 Å². The first-order valence-electron chi connectivity index (χ1n) is 6.71. The maximum atomic E-state index is 9.60. The van der Waals surface area contributed by atoms with E-state index in [9.17, 15) is 5.11 Å². The highest BCUT2D eigenvalue weighted by atomic mass is 16.5. The van der Waals surface area contributed by atoms with Crippen LogP contribution in [0.3, 0.4) is 0 Å². The third-order valence-corrected chi connectivity index (χ3v) is 3.64. The van der Waals surface area contributed by atoms with E-state index >= 15 is 0 Å². The van der Waals surface area contributed by atoms with Crippen molar-refractivity contribution in [1.29, 1.82) is 0 Å². The van der Waals surface area contributed by atoms with Crippen molar-refractivity contribution in [3.63, 3.8) is 0 Å². The van der Waals surface area contributed by atoms with E-state index in [-0.39, 0.29) is 12.5 Å². The lowest BCUT2D eigenvalue weighted by atomic mass is 9.84. The highest BCUT2D eigenvalue weighted by molar-refractivity contribution is 5.45. The first kappa shape index (κ1) is 15.0. The Kier molecular flexibility index (Phi) is 5.21. The summed E-state index contributed by atoms with van der Waals surface area (Å²) in [7, 11) is 1.71. The molecule has 0 aromatic heterocycles. The van der Waals surface area contributed by atoms with Crippen molar-refractivity contribution in [2.45, 2.75) is 46.5 Å². The molecule has 0 fully saturated rings. The van der Waals surface area contributed by atoms with Crippen molar-refractivity contribution in [3.8, 4) is 5.75 Å². The summed E-state index contributed by atoms with van der Waals surface area (Å²) in [5.41, 5.74) is 3.67. The fourth-order valence-corrected chi connectivity index (χ4v) is 2.41. The third-order valence-electron chi connectivity index (χ3n) is 3.64. The van der Waals surface area contributed by atoms with Gasteiger partial charge in [-0.25, -0.2) is 0 Å². The number of aryl methyl sites for hydroxylation is 1. The fraction of sp³-hybridized carbons (Fsp3) is 0.625. The molecule has 0 bridgehead atoms. The lowest BCUT2D eigenvalue weighted by molar-refractivity contribution is 0.236. The highest BCUT2D eigenvalue weighted by Gasteiger charge is 2.20. The Hall–Kier alpha value is -1.02. The molecule has 0 radical (unpaired) electrons. The lowest BCUT2D eigenvalue weighted by Gasteiger charge is -2.24. The Morgan fingerprint density at radius 2 is 1.72 bits per heavy atom. The number of ether oxygens (including phenoxy) is 1. The van der Waals surface area contributed by atoms with Crippen LogP contribution in [0, 0.1) is 12.8 Å². The minimum atomic E-state index is 0.197. The molecule has 0 saturated carbocycles. The molecule has 0 amide bonds. The number of rotatable bonds is 5. The molecule has 1 aromatic carbocycles. The molecule has 0 aliphatic carbocycles. The van der Waals surface area contributed by atoms with Crippen LogP contribution in [-0.2, 0) is 0 Å². The van der Waals surface area contributed by atoms with E-state index in [0.29, 0.717) is 11.8 Å². The number of hydrogen-bond donors (Lipinski definition) is 1. The summed E-state index contributed by atoms with van der Waals surface area (Å²) in [5, 5.41) is 9.60. The van der Waals surface area contributed by atoms with Crippen LogP contribution in [-0.4, -0.2) is 18.8 Å². The summed E-state index contributed by atoms with van der Waals surface area (Å²) in [5.74, 6) is 2.01. The van der Waals surface area contributed by atoms with Crippen molar-refractivity contribution in [2.24, 2.45) is 5.92 Å². The Bertz CT molecular complexity index is 394. The van der Waals surface area contributed by atoms with Crippen LogP contribution in [0.25, 0.3) is 0 Å². The smallest absolute Gasteiger partial charge is 0.122 e. The Balaban J connectivity index is 3.32. The van der Waals surface area contributed by atoms with Crippen molar-refractivity contribution >= 4 is 0 Å². The standard InChI is InChI=1S/C16H26O2/c1-10(2)13-8-14(15(9-17)11(3)4)12(5)7-16(13)18-6/h7-8,10-11,15,17H,9H2,1-6H3. The zero-order chi connectivity index (χ0) is 13.9. The molecular formula is C16H26O2. The summed E-state index contributed by atoms with van der Waals surface area (Å²) in [4.78, 5) is 0. The van der Waals surface area contributed by atoms with Gasteiger partial charge in [-0.15, -0.1) is 0 Å². The second-order valence-electron chi connectivity index (χ2n) is 5.64. The average molecular weight is 250 g/mol. The second kappa shape index (κ2) is 6.24. The molecule has 1 N–H and O–H groups in total. The van der Waals surface area contributed by atoms with Crippen LogP contribution in [0.1, 0.15) is 56.2 Å². The van der Waals surface area contributed by atoms with E-state index in [0.717, 1.165) is 5.75 Å². The van der Waals surface area contributed by atoms with Crippen molar-refractivity contribution in [2.75, 3.05) is 13.7 Å². The zero-order valence-corrected chi connectivity index (χ0v) is 12.4. The Morgan fingerprint density at radius 3 is 2.11 bits per heavy atom. The maximum absolute atomic E-state index is 9.60. The number of methoxy groups -OCH3 is 1. The van der Waals surface area contributed by atoms with Gasteiger partial charge in [0.05, 0.1) is 13.7 Å². The minimum absolute atomic E-state index is 0.197. The molecule has 0 aliphatic heterocycles. The van der Waals surface area contributed by atoms with Crippen molar-refractivity contribution in [1.82, 2.24) is 0 Å². The Labute approximate surface area is 111 Å². The number of aliphatic hydroxyl groups excluding tert-OH is 1. The van der Waals surface area contributed by atoms with E-state index in [1.807, 2.05) is 0 Å². The summed E-state index contributed by atoms with van der Waals surface area (Å²) in [6, 6.07) is 4.30. The van der Waals surface area contributed by atoms with Crippen LogP contribution in [0.2, 0.25) is 0 Å². The van der Waals surface area contributed by atoms with Gasteiger partial charge in [0.15, 0.2) is 0 Å². The van der Waals surface area contributed by atoms with E-state index in [4.69, 9.17) is 4.74 Å². The summed E-state index contributed by atoms with van der Waals surface area (Å²) < 4.78 is 5.45. The molecule has 2 nitrogen and oxygen atoms in total.